The Balaban J connectivity index is 3.13. The van der Waals surface area contributed by atoms with Crippen molar-refractivity contribution in [3.05, 3.63) is 17.2 Å². The second-order valence-corrected chi connectivity index (χ2v) is 1.38. The summed E-state index contributed by atoms with van der Waals surface area (Å²) in [6.45, 7) is 0. The normalized spacial score (nSPS) is 8.00. The van der Waals surface area contributed by atoms with E-state index in [4.69, 9.17) is 0 Å². The molecule has 1 heterocycles. The van der Waals surface area contributed by atoms with Gasteiger partial charge in [-0.25, -0.2) is 4.42 Å². The summed E-state index contributed by atoms with van der Waals surface area (Å²) in [4.78, 5) is 0. The lowest BCUT2D eigenvalue weighted by Crippen LogP contribution is -1.16. The summed E-state index contributed by atoms with van der Waals surface area (Å²) >= 11 is 1.55. The average Bonchev–Trinajstić information content (AvgIpc) is 1.76. The number of hydrogen-bond acceptors (Lipinski definition) is 1. The summed E-state index contributed by atoms with van der Waals surface area (Å²) in [5.74, 6) is 0. The van der Waals surface area contributed by atoms with Gasteiger partial charge < -0.3 is 0 Å². The molecule has 1 rings (SSSR count). The van der Waals surface area contributed by atoms with Gasteiger partial charge >= 0.3 is 11.8 Å². The molecule has 26 valence electrons. The third-order valence-corrected chi connectivity index (χ3v) is 0.814. The summed E-state index contributed by atoms with van der Waals surface area (Å²) in [6, 6.07) is 0. The molecule has 1 aromatic heterocycles. The van der Waals surface area contributed by atoms with Crippen LogP contribution in [0.15, 0.2) is 21.6 Å². The molecule has 0 saturated carbocycles. The Bertz CT molecular complexity index is 63.4. The summed E-state index contributed by atoms with van der Waals surface area (Å²) < 4.78 is 4.60. The smallest absolute Gasteiger partial charge is 0.212 e. The Morgan fingerprint density at radius 1 is 1.60 bits per heavy atom. The van der Waals surface area contributed by atoms with Crippen LogP contribution in [0.25, 0.3) is 0 Å². The maximum atomic E-state index is 4.60. The minimum atomic E-state index is 1.55. The lowest BCUT2D eigenvalue weighted by atomic mass is 11.1. The maximum absolute atomic E-state index is 4.60. The van der Waals surface area contributed by atoms with Crippen molar-refractivity contribution in [3.8, 4) is 0 Å². The Labute approximate surface area is 33.9 Å². The molecule has 0 aliphatic heterocycles. The van der Waals surface area contributed by atoms with Crippen molar-refractivity contribution < 1.29 is 4.42 Å². The Morgan fingerprint density at radius 2 is 2.60 bits per heavy atom. The molecule has 0 unspecified atom stereocenters. The summed E-state index contributed by atoms with van der Waals surface area (Å²) in [6.07, 6.45) is 1.64. The molecule has 2 heteroatoms. The topological polar surface area (TPSA) is 11.3 Å². The summed E-state index contributed by atoms with van der Waals surface area (Å²) in [7, 11) is 0. The zero-order chi connectivity index (χ0) is 3.54. The van der Waals surface area contributed by atoms with Crippen molar-refractivity contribution in [2.75, 3.05) is 0 Å². The highest BCUT2D eigenvalue weighted by molar-refractivity contribution is 7.07. The van der Waals surface area contributed by atoms with Crippen LogP contribution in [0.1, 0.15) is 0 Å². The van der Waals surface area contributed by atoms with Gasteiger partial charge in [0.2, 0.25) is 0 Å². The van der Waals surface area contributed by atoms with Crippen molar-refractivity contribution in [1.29, 1.82) is 0 Å². The molecule has 0 saturated heterocycles. The molecule has 5 heavy (non-hydrogen) atoms. The molecule has 1 nitrogen and oxygen atoms in total. The predicted octanol–water partition coefficient (Wildman–Crippen LogP) is 1.62. The van der Waals surface area contributed by atoms with Gasteiger partial charge in [0.05, 0.1) is 5.38 Å². The van der Waals surface area contributed by atoms with Gasteiger partial charge in [-0.05, 0) is 11.3 Å². The van der Waals surface area contributed by atoms with Crippen LogP contribution in [0.4, 0.5) is 0 Å². The standard InChI is InChI=1S/C3H3OS/c1-2-5-3-4-1/h1-3H/q+1. The molecule has 0 aromatic carbocycles. The van der Waals surface area contributed by atoms with E-state index in [9.17, 15) is 0 Å². The van der Waals surface area contributed by atoms with E-state index in [2.05, 4.69) is 4.42 Å². The first-order valence-corrected chi connectivity index (χ1v) is 2.22. The molecule has 0 aliphatic carbocycles. The Hall–Kier alpha value is -0.370. The zero-order valence-corrected chi connectivity index (χ0v) is 3.37. The molecule has 0 fully saturated rings. The summed E-state index contributed by atoms with van der Waals surface area (Å²) in [5, 5.41) is 1.88. The van der Waals surface area contributed by atoms with E-state index >= 15 is 0 Å². The molecular formula is C3H3OS+. The third kappa shape index (κ3) is 0.450. The van der Waals surface area contributed by atoms with Crippen LogP contribution < -0.4 is 0 Å². The third-order valence-electron chi connectivity index (χ3n) is 0.324. The van der Waals surface area contributed by atoms with Crippen LogP contribution in [0.3, 0.4) is 0 Å². The first kappa shape index (κ1) is 2.85. The van der Waals surface area contributed by atoms with Crippen molar-refractivity contribution in [2.24, 2.45) is 0 Å². The lowest BCUT2D eigenvalue weighted by molar-refractivity contribution is 0.573. The molecule has 0 radical (unpaired) electrons. The van der Waals surface area contributed by atoms with Gasteiger partial charge in [0, 0.05) is 0 Å². The summed E-state index contributed by atoms with van der Waals surface area (Å²) in [5.41, 5.74) is 1.67. The average molecular weight is 87.1 g/mol. The van der Waals surface area contributed by atoms with Crippen molar-refractivity contribution in [2.45, 2.75) is 0 Å². The first-order chi connectivity index (χ1) is 2.50. The second-order valence-electron chi connectivity index (χ2n) is 0.641. The molecule has 0 aliphatic rings. The van der Waals surface area contributed by atoms with E-state index in [1.165, 1.54) is 0 Å². The van der Waals surface area contributed by atoms with Crippen LogP contribution in [-0.4, -0.2) is 0 Å². The highest BCUT2D eigenvalue weighted by Crippen LogP contribution is 1.91. The van der Waals surface area contributed by atoms with Gasteiger partial charge in [0.15, 0.2) is 0 Å². The number of hydrogen-bond donors (Lipinski definition) is 0. The van der Waals surface area contributed by atoms with Crippen LogP contribution in [0, 0.1) is 0 Å². The van der Waals surface area contributed by atoms with Gasteiger partial charge in [-0.15, -0.1) is 0 Å². The Morgan fingerprint density at radius 3 is 2.80 bits per heavy atom. The van der Waals surface area contributed by atoms with Crippen molar-refractivity contribution >= 4 is 11.3 Å². The van der Waals surface area contributed by atoms with E-state index in [1.807, 2.05) is 5.38 Å². The molecule has 0 amide bonds. The zero-order valence-electron chi connectivity index (χ0n) is 2.55. The van der Waals surface area contributed by atoms with Gasteiger partial charge in [0.25, 0.3) is 0 Å². The highest BCUT2D eigenvalue weighted by atomic mass is 32.1. The van der Waals surface area contributed by atoms with Crippen molar-refractivity contribution in [1.82, 2.24) is 0 Å². The fraction of sp³-hybridized carbons (Fsp3) is 0. The molecule has 1 aromatic rings. The van der Waals surface area contributed by atoms with E-state index in [0.29, 0.717) is 0 Å². The monoisotopic (exact) mass is 87.0 g/mol. The molecule has 0 atom stereocenters. The Kier molecular flexibility index (Phi) is 0.667. The highest BCUT2D eigenvalue weighted by Gasteiger charge is 1.76. The minimum absolute atomic E-state index is 1.55. The van der Waals surface area contributed by atoms with Crippen LogP contribution >= 0.6 is 11.3 Å². The largest absolute Gasteiger partial charge is 0.373 e. The van der Waals surface area contributed by atoms with E-state index in [1.54, 1.807) is 23.2 Å². The first-order valence-electron chi connectivity index (χ1n) is 1.28. The molecule has 0 spiro atoms. The van der Waals surface area contributed by atoms with E-state index in [0.717, 1.165) is 0 Å². The van der Waals surface area contributed by atoms with Gasteiger partial charge in [-0.2, -0.15) is 0 Å². The predicted molar refractivity (Wildman–Crippen MR) is 21.0 cm³/mol. The van der Waals surface area contributed by atoms with E-state index < -0.39 is 0 Å². The van der Waals surface area contributed by atoms with Gasteiger partial charge in [0.1, 0.15) is 0 Å². The lowest BCUT2D eigenvalue weighted by Gasteiger charge is -1.25. The second kappa shape index (κ2) is 1.17. The minimum Gasteiger partial charge on any atom is -0.212 e. The van der Waals surface area contributed by atoms with Crippen LogP contribution in [0.2, 0.25) is 0 Å². The van der Waals surface area contributed by atoms with E-state index in [-0.39, 0.29) is 0 Å². The van der Waals surface area contributed by atoms with Crippen LogP contribution in [0.5, 0.6) is 0 Å². The van der Waals surface area contributed by atoms with Gasteiger partial charge in [-0.1, -0.05) is 0 Å². The quantitative estimate of drug-likeness (QED) is 0.437. The van der Waals surface area contributed by atoms with Crippen LogP contribution in [-0.2, 0) is 0 Å². The SMILES string of the molecule is c1csc[o+]1. The molecular weight excluding hydrogens is 84.1 g/mol. The fourth-order valence-electron chi connectivity index (χ4n) is 0.160. The molecule has 0 bridgehead atoms. The van der Waals surface area contributed by atoms with Crippen molar-refractivity contribution in [3.63, 3.8) is 0 Å². The number of rotatable bonds is 0. The van der Waals surface area contributed by atoms with Gasteiger partial charge in [-0.3, -0.25) is 0 Å². The molecule has 0 N–H and O–H groups in total. The maximum Gasteiger partial charge on any atom is 0.373 e. The fourth-order valence-corrected chi connectivity index (χ4v) is 0.481.